The number of aryl methyl sites for hydroxylation is 2. The molecule has 0 spiro atoms. The highest BCUT2D eigenvalue weighted by molar-refractivity contribution is 5.76. The minimum Gasteiger partial charge on any atom is -0.493 e. The van der Waals surface area contributed by atoms with E-state index < -0.39 is 0 Å². The first-order valence-corrected chi connectivity index (χ1v) is 9.85. The Morgan fingerprint density at radius 1 is 0.800 bits per heavy atom. The van der Waals surface area contributed by atoms with Crippen molar-refractivity contribution in [2.75, 3.05) is 19.7 Å². The van der Waals surface area contributed by atoms with Crippen molar-refractivity contribution >= 4 is 0 Å². The lowest BCUT2D eigenvalue weighted by Gasteiger charge is -2.17. The Morgan fingerprint density at radius 2 is 1.52 bits per heavy atom. The van der Waals surface area contributed by atoms with E-state index in [1.165, 1.54) is 35.1 Å². The number of para-hydroxylation sites is 1. The van der Waals surface area contributed by atoms with Crippen molar-refractivity contribution in [2.45, 2.75) is 52.9 Å². The molecule has 0 heterocycles. The SMILES string of the molecule is CCNCCCCCOc1ccccc1-c1c(CC)cccc1CC. The van der Waals surface area contributed by atoms with Gasteiger partial charge in [0.25, 0.3) is 0 Å². The van der Waals surface area contributed by atoms with E-state index in [0.717, 1.165) is 44.7 Å². The van der Waals surface area contributed by atoms with Gasteiger partial charge in [-0.3, -0.25) is 0 Å². The smallest absolute Gasteiger partial charge is 0.127 e. The van der Waals surface area contributed by atoms with Crippen LogP contribution in [0.25, 0.3) is 11.1 Å². The molecule has 0 amide bonds. The summed E-state index contributed by atoms with van der Waals surface area (Å²) >= 11 is 0. The van der Waals surface area contributed by atoms with Crippen molar-refractivity contribution in [1.29, 1.82) is 0 Å². The van der Waals surface area contributed by atoms with Crippen LogP contribution in [0.1, 0.15) is 51.2 Å². The van der Waals surface area contributed by atoms with Crippen LogP contribution in [0.5, 0.6) is 5.75 Å². The highest BCUT2D eigenvalue weighted by Crippen LogP contribution is 2.35. The third-order valence-corrected chi connectivity index (χ3v) is 4.66. The van der Waals surface area contributed by atoms with Crippen molar-refractivity contribution in [1.82, 2.24) is 5.32 Å². The quantitative estimate of drug-likeness (QED) is 0.535. The van der Waals surface area contributed by atoms with E-state index in [-0.39, 0.29) is 0 Å². The van der Waals surface area contributed by atoms with E-state index in [1.54, 1.807) is 0 Å². The second-order valence-electron chi connectivity index (χ2n) is 6.42. The molecule has 1 N–H and O–H groups in total. The van der Waals surface area contributed by atoms with Crippen LogP contribution in [0.3, 0.4) is 0 Å². The molecule has 0 aromatic heterocycles. The number of rotatable bonds is 11. The van der Waals surface area contributed by atoms with Gasteiger partial charge in [-0.1, -0.05) is 57.2 Å². The summed E-state index contributed by atoms with van der Waals surface area (Å²) in [4.78, 5) is 0. The van der Waals surface area contributed by atoms with Crippen molar-refractivity contribution in [3.8, 4) is 16.9 Å². The molecule has 0 atom stereocenters. The van der Waals surface area contributed by atoms with E-state index in [2.05, 4.69) is 68.6 Å². The Bertz CT molecular complexity index is 613. The topological polar surface area (TPSA) is 21.3 Å². The van der Waals surface area contributed by atoms with Gasteiger partial charge in [-0.15, -0.1) is 0 Å². The number of nitrogens with one attached hydrogen (secondary N) is 1. The van der Waals surface area contributed by atoms with Gasteiger partial charge in [0.05, 0.1) is 6.61 Å². The molecule has 2 rings (SSSR count). The zero-order valence-corrected chi connectivity index (χ0v) is 16.1. The molecule has 0 saturated carbocycles. The Kier molecular flexibility index (Phi) is 8.54. The molecule has 0 unspecified atom stereocenters. The van der Waals surface area contributed by atoms with Crippen LogP contribution >= 0.6 is 0 Å². The largest absolute Gasteiger partial charge is 0.493 e. The summed E-state index contributed by atoms with van der Waals surface area (Å²) in [5.74, 6) is 1.02. The van der Waals surface area contributed by atoms with Crippen LogP contribution in [0, 0.1) is 0 Å². The van der Waals surface area contributed by atoms with Gasteiger partial charge < -0.3 is 10.1 Å². The summed E-state index contributed by atoms with van der Waals surface area (Å²) in [6.45, 7) is 9.56. The maximum absolute atomic E-state index is 6.18. The van der Waals surface area contributed by atoms with E-state index in [9.17, 15) is 0 Å². The number of hydrogen-bond acceptors (Lipinski definition) is 2. The molecule has 2 nitrogen and oxygen atoms in total. The van der Waals surface area contributed by atoms with Gasteiger partial charge in [0.2, 0.25) is 0 Å². The molecule has 0 aliphatic heterocycles. The van der Waals surface area contributed by atoms with Crippen molar-refractivity contribution in [3.05, 3.63) is 53.6 Å². The van der Waals surface area contributed by atoms with Gasteiger partial charge in [0.15, 0.2) is 0 Å². The minimum absolute atomic E-state index is 0.791. The van der Waals surface area contributed by atoms with Crippen LogP contribution in [0.15, 0.2) is 42.5 Å². The average molecular weight is 340 g/mol. The van der Waals surface area contributed by atoms with Gasteiger partial charge in [0, 0.05) is 5.56 Å². The van der Waals surface area contributed by atoms with Gasteiger partial charge in [-0.25, -0.2) is 0 Å². The molecule has 0 fully saturated rings. The number of unbranched alkanes of at least 4 members (excludes halogenated alkanes) is 2. The fraction of sp³-hybridized carbons (Fsp3) is 0.478. The highest BCUT2D eigenvalue weighted by Gasteiger charge is 2.13. The number of ether oxygens (including phenoxy) is 1. The van der Waals surface area contributed by atoms with E-state index in [4.69, 9.17) is 4.74 Å². The summed E-state index contributed by atoms with van der Waals surface area (Å²) in [6.07, 6.45) is 5.62. The van der Waals surface area contributed by atoms with Crippen molar-refractivity contribution in [2.24, 2.45) is 0 Å². The molecule has 0 bridgehead atoms. The summed E-state index contributed by atoms with van der Waals surface area (Å²) in [5.41, 5.74) is 5.42. The third-order valence-electron chi connectivity index (χ3n) is 4.66. The first kappa shape index (κ1) is 19.5. The van der Waals surface area contributed by atoms with Crippen LogP contribution in [0.4, 0.5) is 0 Å². The molecule has 2 heteroatoms. The summed E-state index contributed by atoms with van der Waals surface area (Å²) in [7, 11) is 0. The molecule has 25 heavy (non-hydrogen) atoms. The normalized spacial score (nSPS) is 10.8. The summed E-state index contributed by atoms with van der Waals surface area (Å²) < 4.78 is 6.18. The second kappa shape index (κ2) is 10.9. The van der Waals surface area contributed by atoms with Gasteiger partial charge in [-0.05, 0) is 68.0 Å². The number of hydrogen-bond donors (Lipinski definition) is 1. The van der Waals surface area contributed by atoms with E-state index in [0.29, 0.717) is 0 Å². The Balaban J connectivity index is 2.09. The van der Waals surface area contributed by atoms with Gasteiger partial charge in [0.1, 0.15) is 5.75 Å². The lowest BCUT2D eigenvalue weighted by Crippen LogP contribution is -2.14. The average Bonchev–Trinajstić information content (AvgIpc) is 2.67. The van der Waals surface area contributed by atoms with Gasteiger partial charge >= 0.3 is 0 Å². The van der Waals surface area contributed by atoms with Crippen LogP contribution in [-0.4, -0.2) is 19.7 Å². The standard InChI is InChI=1S/C23H33NO/c1-4-19-13-12-14-20(5-2)23(19)21-15-8-9-16-22(21)25-18-11-7-10-17-24-6-3/h8-9,12-16,24H,4-7,10-11,17-18H2,1-3H3. The second-order valence-corrected chi connectivity index (χ2v) is 6.42. The zero-order chi connectivity index (χ0) is 17.9. The lowest BCUT2D eigenvalue weighted by molar-refractivity contribution is 0.306. The predicted octanol–water partition coefficient (Wildman–Crippen LogP) is 5.64. The molecule has 136 valence electrons. The molecule has 0 aliphatic rings. The summed E-state index contributed by atoms with van der Waals surface area (Å²) in [5, 5.41) is 3.37. The van der Waals surface area contributed by atoms with Crippen LogP contribution in [0.2, 0.25) is 0 Å². The fourth-order valence-electron chi connectivity index (χ4n) is 3.28. The maximum Gasteiger partial charge on any atom is 0.127 e. The molecule has 0 radical (unpaired) electrons. The molecule has 2 aromatic carbocycles. The van der Waals surface area contributed by atoms with Gasteiger partial charge in [-0.2, -0.15) is 0 Å². The lowest BCUT2D eigenvalue weighted by atomic mass is 9.91. The molecule has 0 saturated heterocycles. The Morgan fingerprint density at radius 3 is 2.20 bits per heavy atom. The minimum atomic E-state index is 0.791. The first-order chi connectivity index (χ1) is 12.3. The molecule has 0 aliphatic carbocycles. The molecular formula is C23H33NO. The first-order valence-electron chi connectivity index (χ1n) is 9.85. The molecule has 2 aromatic rings. The fourth-order valence-corrected chi connectivity index (χ4v) is 3.28. The highest BCUT2D eigenvalue weighted by atomic mass is 16.5. The Hall–Kier alpha value is -1.80. The third kappa shape index (κ3) is 5.61. The van der Waals surface area contributed by atoms with E-state index in [1.807, 2.05) is 0 Å². The van der Waals surface area contributed by atoms with Crippen molar-refractivity contribution < 1.29 is 4.74 Å². The van der Waals surface area contributed by atoms with Crippen LogP contribution < -0.4 is 10.1 Å². The van der Waals surface area contributed by atoms with E-state index >= 15 is 0 Å². The Labute approximate surface area is 153 Å². The number of benzene rings is 2. The monoisotopic (exact) mass is 339 g/mol. The van der Waals surface area contributed by atoms with Crippen molar-refractivity contribution in [3.63, 3.8) is 0 Å². The molecular weight excluding hydrogens is 306 g/mol. The maximum atomic E-state index is 6.18. The van der Waals surface area contributed by atoms with Crippen LogP contribution in [-0.2, 0) is 12.8 Å². The zero-order valence-electron chi connectivity index (χ0n) is 16.1. The predicted molar refractivity (Wildman–Crippen MR) is 109 cm³/mol. The summed E-state index contributed by atoms with van der Waals surface area (Å²) in [6, 6.07) is 15.2.